The highest BCUT2D eigenvalue weighted by Crippen LogP contribution is 2.34. The first-order chi connectivity index (χ1) is 10.4. The minimum absolute atomic E-state index is 0.0809. The zero-order valence-corrected chi connectivity index (χ0v) is 14.0. The van der Waals surface area contributed by atoms with E-state index in [1.165, 1.54) is 11.3 Å². The molecule has 0 saturated carbocycles. The fraction of sp³-hybridized carbons (Fsp3) is 0.643. The van der Waals surface area contributed by atoms with Crippen LogP contribution in [0.25, 0.3) is 0 Å². The first-order valence-electron chi connectivity index (χ1n) is 7.32. The van der Waals surface area contributed by atoms with Crippen molar-refractivity contribution >= 4 is 27.3 Å². The van der Waals surface area contributed by atoms with E-state index >= 15 is 0 Å². The summed E-state index contributed by atoms with van der Waals surface area (Å²) in [6.45, 7) is 2.30. The standard InChI is InChI=1S/C14H20N2O4S2/c1-22(18,19)15-6-13-12-2-4-16(7-11(12)8-20-13)14(17)10-3-5-21-9-10/h3,5,9,11-13,15H,2,4,6-8H2,1H3/t11-,12-,13-/m1/s1. The van der Waals surface area contributed by atoms with Gasteiger partial charge in [0.05, 0.1) is 24.5 Å². The summed E-state index contributed by atoms with van der Waals surface area (Å²) < 4.78 is 30.7. The molecule has 2 aliphatic heterocycles. The van der Waals surface area contributed by atoms with E-state index in [0.717, 1.165) is 18.2 Å². The summed E-state index contributed by atoms with van der Waals surface area (Å²) >= 11 is 1.52. The molecule has 0 aliphatic carbocycles. The number of fused-ring (bicyclic) bond motifs is 1. The Kier molecular flexibility index (Phi) is 4.54. The minimum atomic E-state index is -3.20. The summed E-state index contributed by atoms with van der Waals surface area (Å²) in [5.74, 6) is 0.695. The van der Waals surface area contributed by atoms with Crippen LogP contribution in [0.3, 0.4) is 0 Å². The summed E-state index contributed by atoms with van der Waals surface area (Å²) in [5, 5.41) is 3.78. The Labute approximate surface area is 134 Å². The Bertz CT molecular complexity index is 629. The zero-order valence-electron chi connectivity index (χ0n) is 12.4. The van der Waals surface area contributed by atoms with E-state index in [1.54, 1.807) is 0 Å². The van der Waals surface area contributed by atoms with E-state index in [1.807, 2.05) is 21.7 Å². The number of amides is 1. The lowest BCUT2D eigenvalue weighted by Crippen LogP contribution is -2.46. The van der Waals surface area contributed by atoms with Crippen LogP contribution < -0.4 is 4.72 Å². The third kappa shape index (κ3) is 3.51. The maximum absolute atomic E-state index is 12.4. The van der Waals surface area contributed by atoms with Crippen molar-refractivity contribution in [2.24, 2.45) is 11.8 Å². The van der Waals surface area contributed by atoms with Gasteiger partial charge < -0.3 is 9.64 Å². The second-order valence-corrected chi connectivity index (χ2v) is 8.58. The van der Waals surface area contributed by atoms with Crippen LogP contribution in [0.2, 0.25) is 0 Å². The van der Waals surface area contributed by atoms with E-state index in [9.17, 15) is 13.2 Å². The van der Waals surface area contributed by atoms with Gasteiger partial charge in [0.1, 0.15) is 0 Å². The lowest BCUT2D eigenvalue weighted by molar-refractivity contribution is 0.0617. The Morgan fingerprint density at radius 2 is 2.36 bits per heavy atom. The monoisotopic (exact) mass is 344 g/mol. The van der Waals surface area contributed by atoms with Crippen molar-refractivity contribution < 1.29 is 17.9 Å². The Balaban J connectivity index is 1.58. The highest BCUT2D eigenvalue weighted by Gasteiger charge is 2.41. The second-order valence-electron chi connectivity index (χ2n) is 5.97. The van der Waals surface area contributed by atoms with Crippen molar-refractivity contribution in [2.45, 2.75) is 12.5 Å². The molecule has 6 nitrogen and oxygen atoms in total. The van der Waals surface area contributed by atoms with Crippen molar-refractivity contribution in [3.8, 4) is 0 Å². The molecule has 1 aromatic heterocycles. The largest absolute Gasteiger partial charge is 0.376 e. The third-order valence-electron chi connectivity index (χ3n) is 4.40. The fourth-order valence-electron chi connectivity index (χ4n) is 3.28. The average molecular weight is 344 g/mol. The quantitative estimate of drug-likeness (QED) is 0.876. The summed E-state index contributed by atoms with van der Waals surface area (Å²) in [6, 6.07) is 1.85. The molecule has 0 aromatic carbocycles. The van der Waals surface area contributed by atoms with Gasteiger partial charge in [-0.1, -0.05) is 0 Å². The number of hydrogen-bond donors (Lipinski definition) is 1. The number of carbonyl (C=O) groups is 1. The van der Waals surface area contributed by atoms with E-state index in [0.29, 0.717) is 38.1 Å². The maximum atomic E-state index is 12.4. The molecule has 3 heterocycles. The summed E-state index contributed by atoms with van der Waals surface area (Å²) in [6.07, 6.45) is 1.93. The van der Waals surface area contributed by atoms with E-state index in [-0.39, 0.29) is 12.0 Å². The topological polar surface area (TPSA) is 75.7 Å². The van der Waals surface area contributed by atoms with Gasteiger partial charge in [-0.2, -0.15) is 11.3 Å². The van der Waals surface area contributed by atoms with Crippen LogP contribution in [0, 0.1) is 11.8 Å². The molecule has 2 aliphatic rings. The summed E-state index contributed by atoms with van der Waals surface area (Å²) in [4.78, 5) is 14.3. The predicted molar refractivity (Wildman–Crippen MR) is 84.4 cm³/mol. The number of nitrogens with one attached hydrogen (secondary N) is 1. The Morgan fingerprint density at radius 3 is 3.05 bits per heavy atom. The van der Waals surface area contributed by atoms with Gasteiger partial charge in [0.2, 0.25) is 10.0 Å². The maximum Gasteiger partial charge on any atom is 0.254 e. The van der Waals surface area contributed by atoms with E-state index < -0.39 is 10.0 Å². The number of piperidine rings is 1. The molecule has 1 N–H and O–H groups in total. The summed E-state index contributed by atoms with van der Waals surface area (Å²) in [5.41, 5.74) is 0.748. The zero-order chi connectivity index (χ0) is 15.7. The predicted octanol–water partition coefficient (Wildman–Crippen LogP) is 0.774. The number of hydrogen-bond acceptors (Lipinski definition) is 5. The van der Waals surface area contributed by atoms with E-state index in [4.69, 9.17) is 4.74 Å². The molecule has 1 aromatic rings. The van der Waals surface area contributed by atoms with Crippen molar-refractivity contribution in [3.05, 3.63) is 22.4 Å². The smallest absolute Gasteiger partial charge is 0.254 e. The molecule has 1 amide bonds. The molecule has 2 saturated heterocycles. The van der Waals surface area contributed by atoms with Crippen LogP contribution in [-0.4, -0.2) is 57.8 Å². The lowest BCUT2D eigenvalue weighted by atomic mass is 9.84. The van der Waals surface area contributed by atoms with Crippen molar-refractivity contribution in [1.82, 2.24) is 9.62 Å². The Morgan fingerprint density at radius 1 is 1.55 bits per heavy atom. The van der Waals surface area contributed by atoms with Crippen molar-refractivity contribution in [1.29, 1.82) is 0 Å². The third-order valence-corrected chi connectivity index (χ3v) is 5.77. The molecule has 0 radical (unpaired) electrons. The van der Waals surface area contributed by atoms with Gasteiger partial charge in [0.25, 0.3) is 5.91 Å². The molecule has 122 valence electrons. The van der Waals surface area contributed by atoms with Crippen molar-refractivity contribution in [3.63, 3.8) is 0 Å². The molecule has 3 atom stereocenters. The molecular weight excluding hydrogens is 324 g/mol. The van der Waals surface area contributed by atoms with Crippen LogP contribution in [0.5, 0.6) is 0 Å². The van der Waals surface area contributed by atoms with Crippen LogP contribution >= 0.6 is 11.3 Å². The minimum Gasteiger partial charge on any atom is -0.376 e. The fourth-order valence-corrected chi connectivity index (χ4v) is 4.38. The first-order valence-corrected chi connectivity index (χ1v) is 10.1. The Hall–Kier alpha value is -0.960. The number of rotatable bonds is 4. The molecule has 0 unspecified atom stereocenters. The molecular formula is C14H20N2O4S2. The van der Waals surface area contributed by atoms with Crippen molar-refractivity contribution in [2.75, 3.05) is 32.5 Å². The highest BCUT2D eigenvalue weighted by atomic mass is 32.2. The van der Waals surface area contributed by atoms with Gasteiger partial charge in [0.15, 0.2) is 0 Å². The molecule has 2 fully saturated rings. The first kappa shape index (κ1) is 15.9. The van der Waals surface area contributed by atoms with Gasteiger partial charge in [-0.15, -0.1) is 0 Å². The molecule has 8 heteroatoms. The van der Waals surface area contributed by atoms with Crippen LogP contribution in [0.15, 0.2) is 16.8 Å². The molecule has 0 spiro atoms. The second kappa shape index (κ2) is 6.27. The number of likely N-dealkylation sites (tertiary alicyclic amines) is 1. The van der Waals surface area contributed by atoms with Crippen LogP contribution in [0.1, 0.15) is 16.8 Å². The SMILES string of the molecule is CS(=O)(=O)NC[C@H]1OC[C@H]2CN(C(=O)c3ccsc3)CC[C@H]21. The van der Waals surface area contributed by atoms with Crippen LogP contribution in [0.4, 0.5) is 0 Å². The molecule has 3 rings (SSSR count). The average Bonchev–Trinajstić information content (AvgIpc) is 3.12. The number of nitrogens with zero attached hydrogens (tertiary/aromatic N) is 1. The van der Waals surface area contributed by atoms with E-state index in [2.05, 4.69) is 4.72 Å². The van der Waals surface area contributed by atoms with Gasteiger partial charge in [0, 0.05) is 30.9 Å². The molecule has 0 bridgehead atoms. The van der Waals surface area contributed by atoms with Gasteiger partial charge >= 0.3 is 0 Å². The van der Waals surface area contributed by atoms with Crippen LogP contribution in [-0.2, 0) is 14.8 Å². The van der Waals surface area contributed by atoms with Gasteiger partial charge in [-0.3, -0.25) is 4.79 Å². The normalized spacial score (nSPS) is 28.6. The molecule has 22 heavy (non-hydrogen) atoms. The summed E-state index contributed by atoms with van der Waals surface area (Å²) in [7, 11) is -3.20. The number of thiophene rings is 1. The lowest BCUT2D eigenvalue weighted by Gasteiger charge is -2.35. The number of sulfonamides is 1. The number of ether oxygens (including phenoxy) is 1. The highest BCUT2D eigenvalue weighted by molar-refractivity contribution is 7.88. The van der Waals surface area contributed by atoms with Gasteiger partial charge in [-0.05, 0) is 23.8 Å². The van der Waals surface area contributed by atoms with Gasteiger partial charge in [-0.25, -0.2) is 13.1 Å². The number of carbonyl (C=O) groups excluding carboxylic acids is 1.